The van der Waals surface area contributed by atoms with Crippen molar-refractivity contribution < 1.29 is 0 Å². The van der Waals surface area contributed by atoms with Crippen molar-refractivity contribution in [2.45, 2.75) is 25.9 Å². The first-order valence-corrected chi connectivity index (χ1v) is 7.13. The minimum atomic E-state index is 0.605. The monoisotopic (exact) mass is 266 g/mol. The second-order valence-corrected chi connectivity index (χ2v) is 5.71. The molecule has 0 bridgehead atoms. The predicted octanol–water partition coefficient (Wildman–Crippen LogP) is 0.0104. The van der Waals surface area contributed by atoms with Crippen LogP contribution < -0.4 is 5.73 Å². The van der Waals surface area contributed by atoms with Crippen molar-refractivity contribution in [3.8, 4) is 0 Å². The average molecular weight is 266 g/mol. The lowest BCUT2D eigenvalue weighted by Gasteiger charge is -2.31. The van der Waals surface area contributed by atoms with Gasteiger partial charge in [0.05, 0.1) is 12.2 Å². The second kappa shape index (κ2) is 6.98. The van der Waals surface area contributed by atoms with Gasteiger partial charge in [-0.15, -0.1) is 5.10 Å². The highest BCUT2D eigenvalue weighted by atomic mass is 15.4. The third-order valence-electron chi connectivity index (χ3n) is 3.78. The van der Waals surface area contributed by atoms with Gasteiger partial charge in [0.15, 0.2) is 0 Å². The maximum absolute atomic E-state index is 5.50. The van der Waals surface area contributed by atoms with E-state index < -0.39 is 0 Å². The standard InChI is InChI=1S/C13H26N6/c1-17-6-3-12(4-7-17)9-18(2)10-13-11-19(8-5-14)16-15-13/h11-12H,3-10,14H2,1-2H3. The van der Waals surface area contributed by atoms with Crippen molar-refractivity contribution in [3.05, 3.63) is 11.9 Å². The van der Waals surface area contributed by atoms with E-state index in [1.807, 2.05) is 10.9 Å². The molecule has 1 aliphatic rings. The number of hydrogen-bond donors (Lipinski definition) is 1. The van der Waals surface area contributed by atoms with Gasteiger partial charge in [-0.2, -0.15) is 0 Å². The Morgan fingerprint density at radius 1 is 1.42 bits per heavy atom. The van der Waals surface area contributed by atoms with Crippen molar-refractivity contribution in [2.24, 2.45) is 11.7 Å². The van der Waals surface area contributed by atoms with E-state index in [2.05, 4.69) is 34.2 Å². The van der Waals surface area contributed by atoms with E-state index in [1.54, 1.807) is 0 Å². The van der Waals surface area contributed by atoms with E-state index in [1.165, 1.54) is 25.9 Å². The Kier molecular flexibility index (Phi) is 5.30. The lowest BCUT2D eigenvalue weighted by atomic mass is 9.97. The van der Waals surface area contributed by atoms with Crippen molar-refractivity contribution in [1.29, 1.82) is 0 Å². The van der Waals surface area contributed by atoms with Gasteiger partial charge < -0.3 is 15.5 Å². The van der Waals surface area contributed by atoms with E-state index >= 15 is 0 Å². The number of rotatable bonds is 6. The van der Waals surface area contributed by atoms with E-state index in [4.69, 9.17) is 5.73 Å². The fourth-order valence-corrected chi connectivity index (χ4v) is 2.68. The first kappa shape index (κ1) is 14.4. The zero-order valence-electron chi connectivity index (χ0n) is 12.1. The molecule has 6 heteroatoms. The Morgan fingerprint density at radius 3 is 2.84 bits per heavy atom. The van der Waals surface area contributed by atoms with E-state index in [-0.39, 0.29) is 0 Å². The number of likely N-dealkylation sites (tertiary alicyclic amines) is 1. The molecule has 108 valence electrons. The van der Waals surface area contributed by atoms with Crippen LogP contribution in [0.3, 0.4) is 0 Å². The zero-order chi connectivity index (χ0) is 13.7. The van der Waals surface area contributed by atoms with Crippen molar-refractivity contribution in [3.63, 3.8) is 0 Å². The summed E-state index contributed by atoms with van der Waals surface area (Å²) in [6, 6.07) is 0. The first-order valence-electron chi connectivity index (χ1n) is 7.13. The molecule has 0 spiro atoms. The zero-order valence-corrected chi connectivity index (χ0v) is 12.1. The second-order valence-electron chi connectivity index (χ2n) is 5.71. The molecule has 0 aliphatic carbocycles. The van der Waals surface area contributed by atoms with Crippen LogP contribution in [-0.4, -0.2) is 65.1 Å². The van der Waals surface area contributed by atoms with Gasteiger partial charge in [-0.25, -0.2) is 0 Å². The molecule has 0 radical (unpaired) electrons. The average Bonchev–Trinajstić information content (AvgIpc) is 2.80. The van der Waals surface area contributed by atoms with Gasteiger partial charge in [0.1, 0.15) is 0 Å². The molecular formula is C13H26N6. The number of nitrogens with zero attached hydrogens (tertiary/aromatic N) is 5. The molecule has 0 atom stereocenters. The van der Waals surface area contributed by atoms with Crippen molar-refractivity contribution in [1.82, 2.24) is 24.8 Å². The Labute approximate surface area is 115 Å². The molecule has 1 fully saturated rings. The van der Waals surface area contributed by atoms with Crippen LogP contribution in [0.2, 0.25) is 0 Å². The molecule has 1 saturated heterocycles. The summed E-state index contributed by atoms with van der Waals surface area (Å²) in [6.07, 6.45) is 4.61. The summed E-state index contributed by atoms with van der Waals surface area (Å²) in [5.74, 6) is 0.820. The number of piperidine rings is 1. The molecule has 1 aliphatic heterocycles. The van der Waals surface area contributed by atoms with Gasteiger partial charge in [-0.3, -0.25) is 4.68 Å². The van der Waals surface area contributed by atoms with E-state index in [9.17, 15) is 0 Å². The molecule has 1 aromatic heterocycles. The largest absolute Gasteiger partial charge is 0.329 e. The molecule has 2 rings (SSSR count). The normalized spacial score (nSPS) is 18.3. The molecule has 0 amide bonds. The van der Waals surface area contributed by atoms with Gasteiger partial charge >= 0.3 is 0 Å². The fourth-order valence-electron chi connectivity index (χ4n) is 2.68. The van der Waals surface area contributed by atoms with E-state index in [0.717, 1.165) is 31.2 Å². The number of hydrogen-bond acceptors (Lipinski definition) is 5. The summed E-state index contributed by atoms with van der Waals surface area (Å²) in [5.41, 5.74) is 6.53. The van der Waals surface area contributed by atoms with Crippen LogP contribution in [0.25, 0.3) is 0 Å². The highest BCUT2D eigenvalue weighted by Crippen LogP contribution is 2.17. The van der Waals surface area contributed by atoms with Gasteiger partial charge in [0.25, 0.3) is 0 Å². The molecule has 1 aromatic rings. The van der Waals surface area contributed by atoms with Crippen LogP contribution in [-0.2, 0) is 13.1 Å². The molecule has 2 heterocycles. The summed E-state index contributed by atoms with van der Waals surface area (Å²) < 4.78 is 1.82. The summed E-state index contributed by atoms with van der Waals surface area (Å²) in [4.78, 5) is 4.77. The first-order chi connectivity index (χ1) is 9.17. The van der Waals surface area contributed by atoms with Crippen molar-refractivity contribution >= 4 is 0 Å². The maximum Gasteiger partial charge on any atom is 0.0967 e. The SMILES string of the molecule is CN1CCC(CN(C)Cc2cn(CCN)nn2)CC1. The van der Waals surface area contributed by atoms with Gasteiger partial charge in [0.2, 0.25) is 0 Å². The van der Waals surface area contributed by atoms with Crippen LogP contribution in [0.1, 0.15) is 18.5 Å². The van der Waals surface area contributed by atoms with Crippen LogP contribution in [0, 0.1) is 5.92 Å². The lowest BCUT2D eigenvalue weighted by molar-refractivity contribution is 0.172. The third-order valence-corrected chi connectivity index (χ3v) is 3.78. The van der Waals surface area contributed by atoms with Gasteiger partial charge in [0, 0.05) is 25.8 Å². The maximum atomic E-state index is 5.50. The quantitative estimate of drug-likeness (QED) is 0.786. The summed E-state index contributed by atoms with van der Waals surface area (Å²) >= 11 is 0. The summed E-state index contributed by atoms with van der Waals surface area (Å²) in [6.45, 7) is 5.82. The third kappa shape index (κ3) is 4.56. The molecule has 0 aromatic carbocycles. The Balaban J connectivity index is 1.75. The Morgan fingerprint density at radius 2 is 2.16 bits per heavy atom. The predicted molar refractivity (Wildman–Crippen MR) is 75.6 cm³/mol. The minimum absolute atomic E-state index is 0.605. The van der Waals surface area contributed by atoms with Crippen LogP contribution in [0.4, 0.5) is 0 Å². The van der Waals surface area contributed by atoms with Crippen LogP contribution in [0.5, 0.6) is 0 Å². The summed E-state index contributed by atoms with van der Waals surface area (Å²) in [7, 11) is 4.37. The van der Waals surface area contributed by atoms with Gasteiger partial charge in [-0.05, 0) is 45.9 Å². The molecule has 0 saturated carbocycles. The fraction of sp³-hybridized carbons (Fsp3) is 0.846. The molecule has 0 unspecified atom stereocenters. The number of nitrogens with two attached hydrogens (primary N) is 1. The molecular weight excluding hydrogens is 240 g/mol. The molecule has 2 N–H and O–H groups in total. The molecule has 19 heavy (non-hydrogen) atoms. The highest BCUT2D eigenvalue weighted by Gasteiger charge is 2.18. The van der Waals surface area contributed by atoms with Gasteiger partial charge in [-0.1, -0.05) is 5.21 Å². The van der Waals surface area contributed by atoms with E-state index in [0.29, 0.717) is 6.54 Å². The lowest BCUT2D eigenvalue weighted by Crippen LogP contribution is -2.35. The minimum Gasteiger partial charge on any atom is -0.329 e. The Bertz CT molecular complexity index is 369. The van der Waals surface area contributed by atoms with Crippen LogP contribution in [0.15, 0.2) is 6.20 Å². The Hall–Kier alpha value is -0.980. The van der Waals surface area contributed by atoms with Crippen molar-refractivity contribution in [2.75, 3.05) is 40.3 Å². The summed E-state index contributed by atoms with van der Waals surface area (Å²) in [5, 5.41) is 8.26. The topological polar surface area (TPSA) is 63.2 Å². The molecule has 6 nitrogen and oxygen atoms in total. The smallest absolute Gasteiger partial charge is 0.0967 e. The highest BCUT2D eigenvalue weighted by molar-refractivity contribution is 4.92. The van der Waals surface area contributed by atoms with Crippen LogP contribution >= 0.6 is 0 Å². The number of aromatic nitrogens is 3.